The summed E-state index contributed by atoms with van der Waals surface area (Å²) in [5.41, 5.74) is 0.963. The number of alkyl halides is 2. The summed E-state index contributed by atoms with van der Waals surface area (Å²) in [4.78, 5) is 22.9. The summed E-state index contributed by atoms with van der Waals surface area (Å²) >= 11 is 0. The molecule has 1 N–H and O–H groups in total. The molecule has 3 heterocycles. The van der Waals surface area contributed by atoms with Crippen molar-refractivity contribution in [2.45, 2.75) is 44.4 Å². The number of aromatic nitrogens is 2. The van der Waals surface area contributed by atoms with Gasteiger partial charge in [-0.1, -0.05) is 6.08 Å². The number of allylic oxidation sites excluding steroid dienone is 1. The number of hydrogen-bond donors (Lipinski definition) is 1. The van der Waals surface area contributed by atoms with Crippen molar-refractivity contribution in [3.63, 3.8) is 0 Å². The first-order chi connectivity index (χ1) is 13.9. The fraction of sp³-hybridized carbons (Fsp3) is 0.429. The number of carbonyl (C=O) groups excluding carboxylic acids is 1. The van der Waals surface area contributed by atoms with E-state index in [1.165, 1.54) is 0 Å². The SMILES string of the molecule is N#Cc1cc2cnc(NC(=O)C3=CCCCC3)cc2c(N2CCC(F)(F)CC2)n1. The number of nitrogens with one attached hydrogen (secondary N) is 1. The van der Waals surface area contributed by atoms with Crippen LogP contribution in [0.5, 0.6) is 0 Å². The van der Waals surface area contributed by atoms with Crippen molar-refractivity contribution in [2.24, 2.45) is 0 Å². The largest absolute Gasteiger partial charge is 0.356 e. The molecule has 0 bridgehead atoms. The Bertz CT molecular complexity index is 1020. The molecule has 2 aliphatic rings. The van der Waals surface area contributed by atoms with Gasteiger partial charge in [-0.2, -0.15) is 5.26 Å². The Hall–Kier alpha value is -3.08. The van der Waals surface area contributed by atoms with Crippen LogP contribution in [0.4, 0.5) is 20.4 Å². The predicted octanol–water partition coefficient (Wildman–Crippen LogP) is 4.18. The molecule has 8 heteroatoms. The quantitative estimate of drug-likeness (QED) is 0.840. The molecule has 0 spiro atoms. The van der Waals surface area contributed by atoms with Crippen molar-refractivity contribution in [1.29, 1.82) is 5.26 Å². The number of amides is 1. The average Bonchev–Trinajstić information content (AvgIpc) is 2.73. The summed E-state index contributed by atoms with van der Waals surface area (Å²) in [7, 11) is 0. The van der Waals surface area contributed by atoms with Gasteiger partial charge in [-0.05, 0) is 37.8 Å². The number of fused-ring (bicyclic) bond motifs is 1. The summed E-state index contributed by atoms with van der Waals surface area (Å²) in [6.07, 6.45) is 6.76. The van der Waals surface area contributed by atoms with Crippen LogP contribution in [0.15, 0.2) is 30.0 Å². The minimum Gasteiger partial charge on any atom is -0.356 e. The predicted molar refractivity (Wildman–Crippen MR) is 106 cm³/mol. The number of anilines is 2. The number of hydrogen-bond acceptors (Lipinski definition) is 5. The van der Waals surface area contributed by atoms with Crippen LogP contribution in [0.2, 0.25) is 0 Å². The Labute approximate surface area is 167 Å². The van der Waals surface area contributed by atoms with Gasteiger partial charge in [0.2, 0.25) is 0 Å². The smallest absolute Gasteiger partial charge is 0.252 e. The molecule has 0 unspecified atom stereocenters. The minimum atomic E-state index is -2.67. The molecule has 1 aliphatic carbocycles. The van der Waals surface area contributed by atoms with E-state index in [2.05, 4.69) is 15.3 Å². The van der Waals surface area contributed by atoms with E-state index < -0.39 is 5.92 Å². The highest BCUT2D eigenvalue weighted by molar-refractivity contribution is 6.04. The second-order valence-corrected chi connectivity index (χ2v) is 7.51. The van der Waals surface area contributed by atoms with E-state index in [9.17, 15) is 18.8 Å². The number of piperidine rings is 1. The maximum absolute atomic E-state index is 13.6. The highest BCUT2D eigenvalue weighted by Crippen LogP contribution is 2.34. The first-order valence-electron chi connectivity index (χ1n) is 9.79. The van der Waals surface area contributed by atoms with Gasteiger partial charge in [0.05, 0.1) is 0 Å². The molecule has 4 rings (SSSR count). The van der Waals surface area contributed by atoms with Gasteiger partial charge in [-0.15, -0.1) is 0 Å². The van der Waals surface area contributed by atoms with Crippen LogP contribution >= 0.6 is 0 Å². The van der Waals surface area contributed by atoms with Gasteiger partial charge >= 0.3 is 0 Å². The molecule has 1 fully saturated rings. The topological polar surface area (TPSA) is 81.9 Å². The molecule has 0 saturated carbocycles. The number of nitriles is 1. The molecule has 2 aromatic rings. The lowest BCUT2D eigenvalue weighted by Crippen LogP contribution is -2.39. The molecule has 0 radical (unpaired) electrons. The normalized spacial score (nSPS) is 18.8. The van der Waals surface area contributed by atoms with E-state index in [4.69, 9.17) is 0 Å². The molecule has 0 aromatic carbocycles. The van der Waals surface area contributed by atoms with Gasteiger partial charge in [0.1, 0.15) is 23.4 Å². The second kappa shape index (κ2) is 7.74. The number of rotatable bonds is 3. The zero-order chi connectivity index (χ0) is 20.4. The molecular formula is C21H21F2N5O. The highest BCUT2D eigenvalue weighted by Gasteiger charge is 2.35. The van der Waals surface area contributed by atoms with Crippen LogP contribution in [0.25, 0.3) is 10.8 Å². The summed E-state index contributed by atoms with van der Waals surface area (Å²) in [5.74, 6) is -1.99. The Balaban J connectivity index is 1.67. The summed E-state index contributed by atoms with van der Waals surface area (Å²) in [6, 6.07) is 5.33. The van der Waals surface area contributed by atoms with Crippen LogP contribution in [0.3, 0.4) is 0 Å². The minimum absolute atomic E-state index is 0.154. The zero-order valence-corrected chi connectivity index (χ0v) is 15.9. The maximum Gasteiger partial charge on any atom is 0.252 e. The third-order valence-electron chi connectivity index (χ3n) is 5.43. The fourth-order valence-electron chi connectivity index (χ4n) is 3.78. The summed E-state index contributed by atoms with van der Waals surface area (Å²) < 4.78 is 27.2. The Morgan fingerprint density at radius 1 is 1.24 bits per heavy atom. The van der Waals surface area contributed by atoms with E-state index >= 15 is 0 Å². The van der Waals surface area contributed by atoms with Gasteiger partial charge in [0.15, 0.2) is 0 Å². The van der Waals surface area contributed by atoms with E-state index in [0.29, 0.717) is 22.4 Å². The molecule has 0 atom stereocenters. The second-order valence-electron chi connectivity index (χ2n) is 7.51. The highest BCUT2D eigenvalue weighted by atomic mass is 19.3. The van der Waals surface area contributed by atoms with Crippen LogP contribution in [0.1, 0.15) is 44.2 Å². The lowest BCUT2D eigenvalue weighted by atomic mass is 9.99. The molecule has 1 saturated heterocycles. The van der Waals surface area contributed by atoms with Gasteiger partial charge in [0.25, 0.3) is 11.8 Å². The zero-order valence-electron chi connectivity index (χ0n) is 15.9. The molecule has 2 aromatic heterocycles. The monoisotopic (exact) mass is 397 g/mol. The standard InChI is InChI=1S/C21H21F2N5O/c22-21(23)6-8-28(9-7-21)19-17-11-18(25-13-15(17)10-16(12-24)26-19)27-20(29)14-4-2-1-3-5-14/h4,10-11,13H,1-3,5-9H2,(H,25,27,29). The van der Waals surface area contributed by atoms with Crippen LogP contribution in [-0.4, -0.2) is 34.9 Å². The first-order valence-corrected chi connectivity index (χ1v) is 9.79. The van der Waals surface area contributed by atoms with Crippen molar-refractivity contribution in [3.05, 3.63) is 35.7 Å². The fourth-order valence-corrected chi connectivity index (χ4v) is 3.78. The van der Waals surface area contributed by atoms with E-state index in [1.54, 1.807) is 23.2 Å². The molecule has 6 nitrogen and oxygen atoms in total. The van der Waals surface area contributed by atoms with Crippen LogP contribution in [0, 0.1) is 11.3 Å². The molecular weight excluding hydrogens is 376 g/mol. The third kappa shape index (κ3) is 4.19. The third-order valence-corrected chi connectivity index (χ3v) is 5.43. The number of nitrogens with zero attached hydrogens (tertiary/aromatic N) is 4. The number of pyridine rings is 2. The van der Waals surface area contributed by atoms with E-state index in [-0.39, 0.29) is 37.5 Å². The van der Waals surface area contributed by atoms with Crippen molar-refractivity contribution in [1.82, 2.24) is 9.97 Å². The first kappa shape index (κ1) is 19.2. The van der Waals surface area contributed by atoms with Crippen molar-refractivity contribution < 1.29 is 13.6 Å². The number of halogens is 2. The summed E-state index contributed by atoms with van der Waals surface area (Å²) in [6.45, 7) is 0.307. The molecule has 1 amide bonds. The summed E-state index contributed by atoms with van der Waals surface area (Å²) in [5, 5.41) is 13.5. The Morgan fingerprint density at radius 2 is 2.03 bits per heavy atom. The lowest BCUT2D eigenvalue weighted by Gasteiger charge is -2.33. The van der Waals surface area contributed by atoms with Gasteiger partial charge in [0, 0.05) is 48.5 Å². The van der Waals surface area contributed by atoms with E-state index in [0.717, 1.165) is 31.3 Å². The van der Waals surface area contributed by atoms with Crippen molar-refractivity contribution in [2.75, 3.05) is 23.3 Å². The average molecular weight is 397 g/mol. The van der Waals surface area contributed by atoms with Gasteiger partial charge in [-0.25, -0.2) is 18.7 Å². The van der Waals surface area contributed by atoms with Crippen LogP contribution < -0.4 is 10.2 Å². The van der Waals surface area contributed by atoms with E-state index in [1.807, 2.05) is 12.1 Å². The maximum atomic E-state index is 13.6. The van der Waals surface area contributed by atoms with Crippen molar-refractivity contribution >= 4 is 28.3 Å². The van der Waals surface area contributed by atoms with Gasteiger partial charge < -0.3 is 10.2 Å². The molecule has 29 heavy (non-hydrogen) atoms. The number of carbonyl (C=O) groups is 1. The Kier molecular flexibility index (Phi) is 5.14. The van der Waals surface area contributed by atoms with Crippen LogP contribution in [-0.2, 0) is 4.79 Å². The molecule has 1 aliphatic heterocycles. The lowest BCUT2D eigenvalue weighted by molar-refractivity contribution is -0.113. The molecule has 150 valence electrons. The van der Waals surface area contributed by atoms with Gasteiger partial charge in [-0.3, -0.25) is 4.79 Å². The van der Waals surface area contributed by atoms with Crippen molar-refractivity contribution in [3.8, 4) is 6.07 Å². The Morgan fingerprint density at radius 3 is 2.72 bits per heavy atom.